The Balaban J connectivity index is 2.55. The quantitative estimate of drug-likeness (QED) is 0.646. The zero-order valence-electron chi connectivity index (χ0n) is 6.29. The molecule has 3 heteroatoms. The molecule has 1 unspecified atom stereocenters. The number of halogens is 1. The van der Waals surface area contributed by atoms with E-state index in [9.17, 15) is 4.79 Å². The third-order valence-electron chi connectivity index (χ3n) is 1.97. The minimum atomic E-state index is -0.00120. The van der Waals surface area contributed by atoms with Gasteiger partial charge in [0.25, 0.3) is 0 Å². The SMILES string of the molecule is O=CC1CSc2cccc(Cl)c21. The van der Waals surface area contributed by atoms with E-state index < -0.39 is 0 Å². The van der Waals surface area contributed by atoms with Crippen LogP contribution in [0.3, 0.4) is 0 Å². The summed E-state index contributed by atoms with van der Waals surface area (Å²) in [6, 6.07) is 5.76. The number of benzene rings is 1. The van der Waals surface area contributed by atoms with E-state index in [4.69, 9.17) is 11.6 Å². The molecule has 0 fully saturated rings. The highest BCUT2D eigenvalue weighted by atomic mass is 35.5. The third-order valence-corrected chi connectivity index (χ3v) is 3.49. The molecule has 2 rings (SSSR count). The standard InChI is InChI=1S/C9H7ClOS/c10-7-2-1-3-8-9(7)6(4-11)5-12-8/h1-4,6H,5H2. The lowest BCUT2D eigenvalue weighted by Gasteiger charge is -2.03. The van der Waals surface area contributed by atoms with E-state index in [-0.39, 0.29) is 5.92 Å². The summed E-state index contributed by atoms with van der Waals surface area (Å²) in [5.74, 6) is 0.835. The highest BCUT2D eigenvalue weighted by Crippen LogP contribution is 2.41. The van der Waals surface area contributed by atoms with Gasteiger partial charge in [-0.1, -0.05) is 17.7 Å². The molecule has 0 N–H and O–H groups in total. The average Bonchev–Trinajstić information content (AvgIpc) is 2.49. The molecule has 1 nitrogen and oxygen atoms in total. The number of aldehydes is 1. The monoisotopic (exact) mass is 198 g/mol. The van der Waals surface area contributed by atoms with Crippen LogP contribution in [0.2, 0.25) is 5.02 Å². The fourth-order valence-corrected chi connectivity index (χ4v) is 2.94. The van der Waals surface area contributed by atoms with Gasteiger partial charge in [-0.15, -0.1) is 11.8 Å². The van der Waals surface area contributed by atoms with Gasteiger partial charge in [0.2, 0.25) is 0 Å². The molecule has 0 aromatic heterocycles. The van der Waals surface area contributed by atoms with Gasteiger partial charge in [0.1, 0.15) is 6.29 Å². The zero-order chi connectivity index (χ0) is 8.55. The number of thioether (sulfide) groups is 1. The van der Waals surface area contributed by atoms with Crippen molar-refractivity contribution >= 4 is 29.6 Å². The summed E-state index contributed by atoms with van der Waals surface area (Å²) in [4.78, 5) is 11.8. The van der Waals surface area contributed by atoms with Gasteiger partial charge in [0, 0.05) is 15.7 Å². The first-order valence-corrected chi connectivity index (χ1v) is 5.06. The molecule has 0 saturated carbocycles. The van der Waals surface area contributed by atoms with Crippen molar-refractivity contribution in [3.8, 4) is 0 Å². The molecular weight excluding hydrogens is 192 g/mol. The van der Waals surface area contributed by atoms with Crippen molar-refractivity contribution in [3.63, 3.8) is 0 Å². The van der Waals surface area contributed by atoms with Crippen molar-refractivity contribution in [3.05, 3.63) is 28.8 Å². The Kier molecular flexibility index (Phi) is 2.11. The predicted molar refractivity (Wildman–Crippen MR) is 51.0 cm³/mol. The summed E-state index contributed by atoms with van der Waals surface area (Å²) in [6.45, 7) is 0. The van der Waals surface area contributed by atoms with Gasteiger partial charge in [-0.2, -0.15) is 0 Å². The minimum absolute atomic E-state index is 0.00120. The maximum absolute atomic E-state index is 10.7. The molecule has 1 atom stereocenters. The first-order valence-electron chi connectivity index (χ1n) is 3.69. The molecule has 0 radical (unpaired) electrons. The Labute approximate surface area is 80.1 Å². The van der Waals surface area contributed by atoms with Crippen LogP contribution in [0.1, 0.15) is 11.5 Å². The Morgan fingerprint density at radius 2 is 2.42 bits per heavy atom. The number of carbonyl (C=O) groups excluding carboxylic acids is 1. The lowest BCUT2D eigenvalue weighted by atomic mass is 10.0. The molecule has 12 heavy (non-hydrogen) atoms. The molecule has 0 amide bonds. The minimum Gasteiger partial charge on any atom is -0.303 e. The second-order valence-electron chi connectivity index (χ2n) is 2.71. The van der Waals surface area contributed by atoms with E-state index in [1.807, 2.05) is 18.2 Å². The van der Waals surface area contributed by atoms with Crippen LogP contribution >= 0.6 is 23.4 Å². The Morgan fingerprint density at radius 1 is 1.58 bits per heavy atom. The van der Waals surface area contributed by atoms with Crippen molar-refractivity contribution < 1.29 is 4.79 Å². The molecule has 1 heterocycles. The van der Waals surface area contributed by atoms with Gasteiger partial charge >= 0.3 is 0 Å². The highest BCUT2D eigenvalue weighted by Gasteiger charge is 2.24. The molecule has 1 aliphatic heterocycles. The maximum atomic E-state index is 10.7. The molecule has 62 valence electrons. The lowest BCUT2D eigenvalue weighted by molar-refractivity contribution is -0.108. The molecule has 1 aromatic rings. The van der Waals surface area contributed by atoms with Gasteiger partial charge < -0.3 is 4.79 Å². The van der Waals surface area contributed by atoms with Crippen LogP contribution in [-0.2, 0) is 4.79 Å². The van der Waals surface area contributed by atoms with E-state index in [1.54, 1.807) is 11.8 Å². The van der Waals surface area contributed by atoms with E-state index in [0.717, 1.165) is 27.5 Å². The molecule has 0 saturated heterocycles. The fourth-order valence-electron chi connectivity index (χ4n) is 1.37. The maximum Gasteiger partial charge on any atom is 0.128 e. The second-order valence-corrected chi connectivity index (χ2v) is 4.17. The van der Waals surface area contributed by atoms with Crippen LogP contribution in [0.25, 0.3) is 0 Å². The normalized spacial score (nSPS) is 20.6. The summed E-state index contributed by atoms with van der Waals surface area (Å²) in [6.07, 6.45) is 0.977. The van der Waals surface area contributed by atoms with Crippen molar-refractivity contribution in [1.82, 2.24) is 0 Å². The molecular formula is C9H7ClOS. The molecule has 0 aliphatic carbocycles. The first-order chi connectivity index (χ1) is 5.83. The highest BCUT2D eigenvalue weighted by molar-refractivity contribution is 7.99. The van der Waals surface area contributed by atoms with Crippen LogP contribution < -0.4 is 0 Å². The van der Waals surface area contributed by atoms with Crippen molar-refractivity contribution in [2.45, 2.75) is 10.8 Å². The van der Waals surface area contributed by atoms with E-state index >= 15 is 0 Å². The van der Waals surface area contributed by atoms with E-state index in [0.29, 0.717) is 0 Å². The van der Waals surface area contributed by atoms with Gasteiger partial charge in [0.05, 0.1) is 5.92 Å². The largest absolute Gasteiger partial charge is 0.303 e. The summed E-state index contributed by atoms with van der Waals surface area (Å²) >= 11 is 7.67. The number of rotatable bonds is 1. The van der Waals surface area contributed by atoms with Crippen LogP contribution in [-0.4, -0.2) is 12.0 Å². The number of carbonyl (C=O) groups is 1. The van der Waals surface area contributed by atoms with Crippen LogP contribution in [0.15, 0.2) is 23.1 Å². The fraction of sp³-hybridized carbons (Fsp3) is 0.222. The van der Waals surface area contributed by atoms with Crippen molar-refractivity contribution in [2.24, 2.45) is 0 Å². The van der Waals surface area contributed by atoms with Crippen molar-refractivity contribution in [1.29, 1.82) is 0 Å². The second kappa shape index (κ2) is 3.11. The Morgan fingerprint density at radius 3 is 3.17 bits per heavy atom. The summed E-state index contributed by atoms with van der Waals surface area (Å²) in [7, 11) is 0. The first kappa shape index (κ1) is 8.14. The predicted octanol–water partition coefficient (Wildman–Crippen LogP) is 2.73. The Hall–Kier alpha value is -0.470. The number of fused-ring (bicyclic) bond motifs is 1. The van der Waals surface area contributed by atoms with Crippen LogP contribution in [0.5, 0.6) is 0 Å². The van der Waals surface area contributed by atoms with Gasteiger partial charge in [-0.25, -0.2) is 0 Å². The Bertz CT molecular complexity index is 324. The molecule has 0 bridgehead atoms. The van der Waals surface area contributed by atoms with Gasteiger partial charge in [-0.3, -0.25) is 0 Å². The van der Waals surface area contributed by atoms with E-state index in [2.05, 4.69) is 0 Å². The molecule has 1 aromatic carbocycles. The van der Waals surface area contributed by atoms with Crippen molar-refractivity contribution in [2.75, 3.05) is 5.75 Å². The topological polar surface area (TPSA) is 17.1 Å². The third kappa shape index (κ3) is 1.15. The van der Waals surface area contributed by atoms with E-state index in [1.165, 1.54) is 0 Å². The lowest BCUT2D eigenvalue weighted by Crippen LogP contribution is -1.97. The van der Waals surface area contributed by atoms with Gasteiger partial charge in [-0.05, 0) is 17.7 Å². The number of hydrogen-bond donors (Lipinski definition) is 0. The van der Waals surface area contributed by atoms with Gasteiger partial charge in [0.15, 0.2) is 0 Å². The summed E-state index contributed by atoms with van der Waals surface area (Å²) in [5.41, 5.74) is 1.01. The number of hydrogen-bond acceptors (Lipinski definition) is 2. The smallest absolute Gasteiger partial charge is 0.128 e. The van der Waals surface area contributed by atoms with Crippen LogP contribution in [0, 0.1) is 0 Å². The molecule has 0 spiro atoms. The zero-order valence-corrected chi connectivity index (χ0v) is 7.86. The summed E-state index contributed by atoms with van der Waals surface area (Å²) < 4.78 is 0. The van der Waals surface area contributed by atoms with Crippen LogP contribution in [0.4, 0.5) is 0 Å². The molecule has 1 aliphatic rings. The summed E-state index contributed by atoms with van der Waals surface area (Å²) in [5, 5.41) is 0.717. The average molecular weight is 199 g/mol.